The van der Waals surface area contributed by atoms with Crippen LogP contribution < -0.4 is 5.46 Å². The van der Waals surface area contributed by atoms with Gasteiger partial charge < -0.3 is 4.32 Å². The monoisotopic (exact) mass is 233 g/mol. The molecule has 0 aliphatic heterocycles. The van der Waals surface area contributed by atoms with E-state index < -0.39 is 0 Å². The highest BCUT2D eigenvalue weighted by atomic mass is 127. The van der Waals surface area contributed by atoms with Crippen LogP contribution in [0.2, 0.25) is 0 Å². The molecule has 0 spiro atoms. The maximum absolute atomic E-state index is 11.7. The minimum atomic E-state index is 0.593. The van der Waals surface area contributed by atoms with Gasteiger partial charge in [-0.15, -0.1) is 0 Å². The first-order valence-corrected chi connectivity index (χ1v) is 3.60. The third kappa shape index (κ3) is 1.97. The van der Waals surface area contributed by atoms with E-state index in [0.29, 0.717) is 13.0 Å². The minimum Gasteiger partial charge on any atom is -0.335 e. The van der Waals surface area contributed by atoms with Crippen LogP contribution in [-0.2, 0) is 0 Å². The molecule has 9 heavy (non-hydrogen) atoms. The second kappa shape index (κ2) is 3.20. The molecule has 0 amide bonds. The first-order valence-electron chi connectivity index (χ1n) is 2.52. The minimum absolute atomic E-state index is 0.593. The molecule has 0 fully saturated rings. The van der Waals surface area contributed by atoms with E-state index in [4.69, 9.17) is 0 Å². The van der Waals surface area contributed by atoms with Crippen molar-refractivity contribution in [1.29, 1.82) is 0 Å². The van der Waals surface area contributed by atoms with Crippen molar-refractivity contribution < 1.29 is 4.32 Å². The zero-order valence-electron chi connectivity index (χ0n) is 4.64. The average molecular weight is 233 g/mol. The summed E-state index contributed by atoms with van der Waals surface area (Å²) in [6.07, 6.45) is 0. The summed E-state index contributed by atoms with van der Waals surface area (Å²) < 4.78 is 12.9. The van der Waals surface area contributed by atoms with Gasteiger partial charge in [0.25, 0.3) is 0 Å². The van der Waals surface area contributed by atoms with E-state index >= 15 is 0 Å². The third-order valence-corrected chi connectivity index (χ3v) is 1.72. The lowest BCUT2D eigenvalue weighted by Gasteiger charge is -1.90. The zero-order valence-corrected chi connectivity index (χ0v) is 6.80. The topological polar surface area (TPSA) is 0 Å². The predicted molar refractivity (Wildman–Crippen MR) is 45.7 cm³/mol. The van der Waals surface area contributed by atoms with Crippen molar-refractivity contribution in [3.8, 4) is 0 Å². The standard InChI is InChI=1S/C6H4BFI/c8-7-5-1-3-6(9)4-2-5/h1-4H. The molecule has 0 atom stereocenters. The SMILES string of the molecule is F[B]c1ccc(I)cc1. The Balaban J connectivity index is 2.88. The van der Waals surface area contributed by atoms with Crippen LogP contribution in [-0.4, -0.2) is 7.56 Å². The Morgan fingerprint density at radius 1 is 1.22 bits per heavy atom. The van der Waals surface area contributed by atoms with Gasteiger partial charge in [0.15, 0.2) is 0 Å². The van der Waals surface area contributed by atoms with E-state index in [1.54, 1.807) is 12.1 Å². The van der Waals surface area contributed by atoms with Gasteiger partial charge >= 0.3 is 7.56 Å². The highest BCUT2D eigenvalue weighted by Gasteiger charge is 1.91. The second-order valence-electron chi connectivity index (χ2n) is 1.66. The van der Waals surface area contributed by atoms with Crippen LogP contribution in [0.25, 0.3) is 0 Å². The van der Waals surface area contributed by atoms with Crippen molar-refractivity contribution in [2.75, 3.05) is 0 Å². The largest absolute Gasteiger partial charge is 0.391 e. The molecule has 0 saturated heterocycles. The third-order valence-electron chi connectivity index (χ3n) is 0.996. The van der Waals surface area contributed by atoms with E-state index in [0.717, 1.165) is 3.57 Å². The lowest BCUT2D eigenvalue weighted by Crippen LogP contribution is -2.07. The summed E-state index contributed by atoms with van der Waals surface area (Å²) in [4.78, 5) is 0. The van der Waals surface area contributed by atoms with Gasteiger partial charge in [0, 0.05) is 3.57 Å². The molecule has 0 nitrogen and oxygen atoms in total. The van der Waals surface area contributed by atoms with Crippen LogP contribution in [0.1, 0.15) is 0 Å². The Morgan fingerprint density at radius 2 is 1.78 bits per heavy atom. The van der Waals surface area contributed by atoms with E-state index in [9.17, 15) is 4.32 Å². The Kier molecular flexibility index (Phi) is 2.51. The molecule has 0 aliphatic carbocycles. The second-order valence-corrected chi connectivity index (χ2v) is 2.91. The van der Waals surface area contributed by atoms with Crippen molar-refractivity contribution in [2.24, 2.45) is 0 Å². The Morgan fingerprint density at radius 3 is 2.22 bits per heavy atom. The number of hydrogen-bond acceptors (Lipinski definition) is 0. The number of benzene rings is 1. The van der Waals surface area contributed by atoms with Gasteiger partial charge in [0.2, 0.25) is 0 Å². The Hall–Kier alpha value is -0.0551. The highest BCUT2D eigenvalue weighted by molar-refractivity contribution is 14.1. The predicted octanol–water partition coefficient (Wildman–Crippen LogP) is 1.51. The molecule has 0 N–H and O–H groups in total. The van der Waals surface area contributed by atoms with Gasteiger partial charge in [-0.1, -0.05) is 12.1 Å². The normalized spacial score (nSPS) is 9.11. The van der Waals surface area contributed by atoms with Crippen LogP contribution in [0, 0.1) is 3.57 Å². The molecular weight excluding hydrogens is 229 g/mol. The van der Waals surface area contributed by atoms with E-state index in [-0.39, 0.29) is 0 Å². The average Bonchev–Trinajstić information content (AvgIpc) is 1.90. The summed E-state index contributed by atoms with van der Waals surface area (Å²) >= 11 is 2.18. The fourth-order valence-corrected chi connectivity index (χ4v) is 0.895. The number of hydrogen-bond donors (Lipinski definition) is 0. The van der Waals surface area contributed by atoms with Crippen LogP contribution in [0.3, 0.4) is 0 Å². The maximum Gasteiger partial charge on any atom is 0.391 e. The van der Waals surface area contributed by atoms with Crippen molar-refractivity contribution in [2.45, 2.75) is 0 Å². The summed E-state index contributed by atoms with van der Waals surface area (Å²) in [5.74, 6) is 0. The molecule has 0 heterocycles. The zero-order chi connectivity index (χ0) is 6.69. The first-order chi connectivity index (χ1) is 4.33. The summed E-state index contributed by atoms with van der Waals surface area (Å²) in [5.41, 5.74) is 0.621. The van der Waals surface area contributed by atoms with Crippen LogP contribution >= 0.6 is 22.6 Å². The van der Waals surface area contributed by atoms with Crippen LogP contribution in [0.15, 0.2) is 24.3 Å². The van der Waals surface area contributed by atoms with Gasteiger partial charge in [-0.3, -0.25) is 0 Å². The molecule has 0 unspecified atom stereocenters. The molecule has 0 saturated carbocycles. The van der Waals surface area contributed by atoms with E-state index in [1.807, 2.05) is 12.1 Å². The fraction of sp³-hybridized carbons (Fsp3) is 0. The van der Waals surface area contributed by atoms with Crippen LogP contribution in [0.5, 0.6) is 0 Å². The Bertz CT molecular complexity index is 185. The molecule has 45 valence electrons. The summed E-state index contributed by atoms with van der Waals surface area (Å²) in [7, 11) is 0.593. The molecule has 3 heteroatoms. The van der Waals surface area contributed by atoms with Crippen LogP contribution in [0.4, 0.5) is 4.32 Å². The van der Waals surface area contributed by atoms with Crippen molar-refractivity contribution in [1.82, 2.24) is 0 Å². The first kappa shape index (κ1) is 7.06. The smallest absolute Gasteiger partial charge is 0.335 e. The highest BCUT2D eigenvalue weighted by Crippen LogP contribution is 1.99. The molecule has 1 radical (unpaired) electrons. The van der Waals surface area contributed by atoms with Gasteiger partial charge in [-0.05, 0) is 40.2 Å². The molecule has 1 rings (SSSR count). The molecule has 0 aliphatic rings. The number of halogens is 2. The quantitative estimate of drug-likeness (QED) is 0.509. The molecular formula is C6H4BFI. The lowest BCUT2D eigenvalue weighted by molar-refractivity contribution is 0.885. The summed E-state index contributed by atoms with van der Waals surface area (Å²) in [5, 5.41) is 0. The summed E-state index contributed by atoms with van der Waals surface area (Å²) in [6.45, 7) is 0. The lowest BCUT2D eigenvalue weighted by atomic mass is 9.92. The molecule has 1 aromatic carbocycles. The molecule has 0 aromatic heterocycles. The Labute approximate surface area is 67.9 Å². The summed E-state index contributed by atoms with van der Waals surface area (Å²) in [6, 6.07) is 7.21. The molecule has 0 bridgehead atoms. The van der Waals surface area contributed by atoms with Gasteiger partial charge in [0.1, 0.15) is 0 Å². The van der Waals surface area contributed by atoms with Crippen molar-refractivity contribution in [3.63, 3.8) is 0 Å². The number of rotatable bonds is 1. The van der Waals surface area contributed by atoms with E-state index in [2.05, 4.69) is 22.6 Å². The van der Waals surface area contributed by atoms with Crippen molar-refractivity contribution in [3.05, 3.63) is 27.8 Å². The van der Waals surface area contributed by atoms with E-state index in [1.165, 1.54) is 0 Å². The van der Waals surface area contributed by atoms with Gasteiger partial charge in [-0.25, -0.2) is 0 Å². The maximum atomic E-state index is 11.7. The molecule has 1 aromatic rings. The van der Waals surface area contributed by atoms with Gasteiger partial charge in [-0.2, -0.15) is 0 Å². The van der Waals surface area contributed by atoms with Crippen molar-refractivity contribution >= 4 is 35.6 Å². The fourth-order valence-electron chi connectivity index (χ4n) is 0.536. The van der Waals surface area contributed by atoms with Gasteiger partial charge in [0.05, 0.1) is 0 Å².